The van der Waals surface area contributed by atoms with Gasteiger partial charge in [-0.3, -0.25) is 0 Å². The van der Waals surface area contributed by atoms with Crippen molar-refractivity contribution in [3.8, 4) is 5.69 Å². The van der Waals surface area contributed by atoms with Gasteiger partial charge in [-0.2, -0.15) is 0 Å². The lowest BCUT2D eigenvalue weighted by atomic mass is 10.0. The minimum Gasteiger partial charge on any atom is -0.345 e. The van der Waals surface area contributed by atoms with Crippen LogP contribution in [0.4, 0.5) is 11.4 Å². The van der Waals surface area contributed by atoms with Gasteiger partial charge in [-0.25, -0.2) is 0 Å². The first kappa shape index (κ1) is 17.9. The average Bonchev–Trinajstić information content (AvgIpc) is 3.58. The smallest absolute Gasteiger partial charge is 0.0537 e. The molecule has 0 radical (unpaired) electrons. The molecular weight excluding hydrogens is 388 g/mol. The number of aromatic nitrogens is 1. The first-order chi connectivity index (χ1) is 15.8. The molecule has 0 saturated heterocycles. The van der Waals surface area contributed by atoms with Crippen LogP contribution in [-0.4, -0.2) is 11.6 Å². The van der Waals surface area contributed by atoms with Crippen molar-refractivity contribution >= 4 is 39.1 Å². The van der Waals surface area contributed by atoms with E-state index >= 15 is 0 Å². The van der Waals surface area contributed by atoms with Crippen LogP contribution in [0.3, 0.4) is 0 Å². The van der Waals surface area contributed by atoms with Gasteiger partial charge in [0.1, 0.15) is 0 Å². The Hall–Kier alpha value is -3.78. The molecular formula is C30H24N2. The number of hydrogen-bond acceptors (Lipinski definition) is 1. The largest absolute Gasteiger partial charge is 0.345 e. The fraction of sp³-hybridized carbons (Fsp3) is 0.133. The Morgan fingerprint density at radius 3 is 2.41 bits per heavy atom. The summed E-state index contributed by atoms with van der Waals surface area (Å²) in [6, 6.07) is 33.1. The Balaban J connectivity index is 1.30. The summed E-state index contributed by atoms with van der Waals surface area (Å²) in [5, 5.41) is 3.91. The van der Waals surface area contributed by atoms with Crippen molar-refractivity contribution in [2.75, 3.05) is 11.9 Å². The van der Waals surface area contributed by atoms with Crippen LogP contribution in [0.5, 0.6) is 0 Å². The number of allylic oxidation sites excluding steroid dienone is 1. The van der Waals surface area contributed by atoms with E-state index in [1.165, 1.54) is 56.4 Å². The highest BCUT2D eigenvalue weighted by molar-refractivity contribution is 5.94. The van der Waals surface area contributed by atoms with Crippen molar-refractivity contribution in [1.82, 2.24) is 4.57 Å². The average molecular weight is 413 g/mol. The third-order valence-electron chi connectivity index (χ3n) is 7.27. The van der Waals surface area contributed by atoms with Gasteiger partial charge in [0, 0.05) is 46.7 Å². The molecule has 7 rings (SSSR count). The van der Waals surface area contributed by atoms with Crippen LogP contribution in [0.25, 0.3) is 33.4 Å². The third-order valence-corrected chi connectivity index (χ3v) is 7.27. The standard InChI is InChI=1S/C30H24N2/c1-31(25-12-10-20-6-2-3-7-21(20)18-25)23-13-15-24(16-14-23)32-29-9-5-4-8-26(29)27-17-11-22-19-28(22)30(27)32/h2-18,22,28H,19H2,1H3. The van der Waals surface area contributed by atoms with E-state index in [4.69, 9.17) is 0 Å². The van der Waals surface area contributed by atoms with E-state index in [0.717, 1.165) is 5.92 Å². The molecule has 0 bridgehead atoms. The molecule has 0 aliphatic heterocycles. The second kappa shape index (κ2) is 6.61. The van der Waals surface area contributed by atoms with Crippen LogP contribution < -0.4 is 4.90 Å². The van der Waals surface area contributed by atoms with Crippen molar-refractivity contribution in [2.45, 2.75) is 12.3 Å². The van der Waals surface area contributed by atoms with Gasteiger partial charge in [0.25, 0.3) is 0 Å². The Bertz CT molecular complexity index is 1520. The number of nitrogens with zero attached hydrogens (tertiary/aromatic N) is 2. The molecule has 0 N–H and O–H groups in total. The lowest BCUT2D eigenvalue weighted by Crippen LogP contribution is -2.09. The summed E-state index contributed by atoms with van der Waals surface area (Å²) in [4.78, 5) is 2.26. The van der Waals surface area contributed by atoms with Crippen molar-refractivity contribution in [2.24, 2.45) is 5.92 Å². The maximum absolute atomic E-state index is 2.50. The number of rotatable bonds is 3. The number of benzene rings is 4. The number of para-hydroxylation sites is 1. The topological polar surface area (TPSA) is 8.17 Å². The highest BCUT2D eigenvalue weighted by Crippen LogP contribution is 2.55. The molecule has 2 unspecified atom stereocenters. The molecule has 1 fully saturated rings. The number of anilines is 2. The SMILES string of the molecule is CN(c1ccc(-n2c3c(c4ccccc42)C=CC2CC32)cc1)c1ccc2ccccc2c1. The molecule has 2 aliphatic carbocycles. The lowest BCUT2D eigenvalue weighted by Gasteiger charge is -2.21. The first-order valence-corrected chi connectivity index (χ1v) is 11.4. The fourth-order valence-corrected chi connectivity index (χ4v) is 5.42. The van der Waals surface area contributed by atoms with E-state index in [1.807, 2.05) is 0 Å². The van der Waals surface area contributed by atoms with E-state index in [2.05, 4.69) is 120 Å². The minimum absolute atomic E-state index is 0.669. The van der Waals surface area contributed by atoms with Crippen LogP contribution in [0.15, 0.2) is 97.1 Å². The molecule has 2 nitrogen and oxygen atoms in total. The third kappa shape index (κ3) is 2.59. The zero-order chi connectivity index (χ0) is 21.2. The van der Waals surface area contributed by atoms with Crippen molar-refractivity contribution in [1.29, 1.82) is 0 Å². The molecule has 5 aromatic rings. The maximum atomic E-state index is 2.50. The second-order valence-electron chi connectivity index (χ2n) is 9.12. The van der Waals surface area contributed by atoms with E-state index in [9.17, 15) is 0 Å². The quantitative estimate of drug-likeness (QED) is 0.295. The fourth-order valence-electron chi connectivity index (χ4n) is 5.42. The summed E-state index contributed by atoms with van der Waals surface area (Å²) >= 11 is 0. The molecule has 2 atom stereocenters. The summed E-state index contributed by atoms with van der Waals surface area (Å²) in [5.74, 6) is 1.39. The highest BCUT2D eigenvalue weighted by Gasteiger charge is 2.43. The normalized spacial score (nSPS) is 18.5. The van der Waals surface area contributed by atoms with Gasteiger partial charge in [-0.15, -0.1) is 0 Å². The van der Waals surface area contributed by atoms with Crippen LogP contribution in [0.1, 0.15) is 23.6 Å². The molecule has 2 aliphatic rings. The lowest BCUT2D eigenvalue weighted by molar-refractivity contribution is 0.896. The van der Waals surface area contributed by atoms with Gasteiger partial charge < -0.3 is 9.47 Å². The predicted molar refractivity (Wildman–Crippen MR) is 135 cm³/mol. The Morgan fingerprint density at radius 2 is 1.53 bits per heavy atom. The van der Waals surface area contributed by atoms with E-state index in [0.29, 0.717) is 5.92 Å². The Morgan fingerprint density at radius 1 is 0.781 bits per heavy atom. The van der Waals surface area contributed by atoms with E-state index in [-0.39, 0.29) is 0 Å². The molecule has 1 heterocycles. The molecule has 0 amide bonds. The van der Waals surface area contributed by atoms with Gasteiger partial charge in [-0.05, 0) is 65.6 Å². The summed E-state index contributed by atoms with van der Waals surface area (Å²) in [6.07, 6.45) is 6.04. The highest BCUT2D eigenvalue weighted by atomic mass is 15.1. The second-order valence-corrected chi connectivity index (χ2v) is 9.12. The molecule has 32 heavy (non-hydrogen) atoms. The minimum atomic E-state index is 0.669. The molecule has 1 aromatic heterocycles. The van der Waals surface area contributed by atoms with Crippen LogP contribution in [0, 0.1) is 5.92 Å². The number of fused-ring (bicyclic) bond motifs is 6. The zero-order valence-electron chi connectivity index (χ0n) is 18.1. The van der Waals surface area contributed by atoms with Gasteiger partial charge in [0.05, 0.1) is 5.52 Å². The monoisotopic (exact) mass is 412 g/mol. The van der Waals surface area contributed by atoms with Crippen molar-refractivity contribution < 1.29 is 0 Å². The number of hydrogen-bond donors (Lipinski definition) is 0. The molecule has 1 saturated carbocycles. The Labute approximate surface area is 188 Å². The van der Waals surface area contributed by atoms with Gasteiger partial charge in [0.15, 0.2) is 0 Å². The summed E-state index contributed by atoms with van der Waals surface area (Å²) in [5.41, 5.74) is 7.86. The van der Waals surface area contributed by atoms with Crippen LogP contribution in [-0.2, 0) is 0 Å². The predicted octanol–water partition coefficient (Wildman–Crippen LogP) is 7.68. The van der Waals surface area contributed by atoms with E-state index < -0.39 is 0 Å². The maximum Gasteiger partial charge on any atom is 0.0537 e. The van der Waals surface area contributed by atoms with Gasteiger partial charge in [0.2, 0.25) is 0 Å². The van der Waals surface area contributed by atoms with Gasteiger partial charge >= 0.3 is 0 Å². The summed E-state index contributed by atoms with van der Waals surface area (Å²) in [7, 11) is 2.14. The van der Waals surface area contributed by atoms with Crippen LogP contribution >= 0.6 is 0 Å². The van der Waals surface area contributed by atoms with E-state index in [1.54, 1.807) is 0 Å². The van der Waals surface area contributed by atoms with Crippen LogP contribution in [0.2, 0.25) is 0 Å². The molecule has 2 heteroatoms. The van der Waals surface area contributed by atoms with Gasteiger partial charge in [-0.1, -0.05) is 60.7 Å². The summed E-state index contributed by atoms with van der Waals surface area (Å²) in [6.45, 7) is 0. The first-order valence-electron chi connectivity index (χ1n) is 11.4. The van der Waals surface area contributed by atoms with Crippen molar-refractivity contribution in [3.05, 3.63) is 108 Å². The zero-order valence-corrected chi connectivity index (χ0v) is 18.1. The molecule has 0 spiro atoms. The summed E-state index contributed by atoms with van der Waals surface area (Å²) < 4.78 is 2.50. The molecule has 4 aromatic carbocycles. The van der Waals surface area contributed by atoms with Crippen molar-refractivity contribution in [3.63, 3.8) is 0 Å². The Kier molecular flexibility index (Phi) is 3.69. The molecule has 154 valence electrons.